The standard InChI is InChI=1S/C16H23BrN2O4/c1-16(2,3)23-15(21)19(9-10-22-4)11-14(20)18-13-8-6-5-7-12(13)17/h5-8H,9-11H2,1-4H3,(H,18,20). The molecule has 1 aromatic carbocycles. The quantitative estimate of drug-likeness (QED) is 0.814. The number of nitrogens with one attached hydrogen (secondary N) is 1. The lowest BCUT2D eigenvalue weighted by molar-refractivity contribution is -0.117. The first-order chi connectivity index (χ1) is 10.7. The molecule has 1 N–H and O–H groups in total. The smallest absolute Gasteiger partial charge is 0.410 e. The third-order valence-corrected chi connectivity index (χ3v) is 3.39. The van der Waals surface area contributed by atoms with Crippen LogP contribution in [0.25, 0.3) is 0 Å². The number of hydrogen-bond donors (Lipinski definition) is 1. The van der Waals surface area contributed by atoms with Crippen molar-refractivity contribution in [2.75, 3.05) is 32.1 Å². The van der Waals surface area contributed by atoms with Crippen LogP contribution in [0.1, 0.15) is 20.8 Å². The largest absolute Gasteiger partial charge is 0.444 e. The lowest BCUT2D eigenvalue weighted by atomic mass is 10.2. The minimum absolute atomic E-state index is 0.112. The van der Waals surface area contributed by atoms with E-state index < -0.39 is 11.7 Å². The number of anilines is 1. The average molecular weight is 387 g/mol. The second-order valence-electron chi connectivity index (χ2n) is 5.92. The van der Waals surface area contributed by atoms with E-state index in [2.05, 4.69) is 21.2 Å². The Hall–Kier alpha value is -1.60. The lowest BCUT2D eigenvalue weighted by Crippen LogP contribution is -2.42. The van der Waals surface area contributed by atoms with Crippen LogP contribution in [-0.2, 0) is 14.3 Å². The summed E-state index contributed by atoms with van der Waals surface area (Å²) in [7, 11) is 1.54. The zero-order valence-corrected chi connectivity index (χ0v) is 15.5. The summed E-state index contributed by atoms with van der Waals surface area (Å²) in [5.41, 5.74) is 0.0230. The van der Waals surface area contributed by atoms with Gasteiger partial charge in [0, 0.05) is 18.1 Å². The van der Waals surface area contributed by atoms with Crippen molar-refractivity contribution in [2.24, 2.45) is 0 Å². The number of halogens is 1. The van der Waals surface area contributed by atoms with Crippen molar-refractivity contribution in [1.82, 2.24) is 4.90 Å². The summed E-state index contributed by atoms with van der Waals surface area (Å²) in [6, 6.07) is 7.27. The summed E-state index contributed by atoms with van der Waals surface area (Å²) in [5.74, 6) is -0.307. The summed E-state index contributed by atoms with van der Waals surface area (Å²) in [6.45, 7) is 5.82. The average Bonchev–Trinajstić information content (AvgIpc) is 2.44. The summed E-state index contributed by atoms with van der Waals surface area (Å²) in [5, 5.41) is 2.76. The fourth-order valence-electron chi connectivity index (χ4n) is 1.69. The Labute approximate surface area is 145 Å². The zero-order valence-electron chi connectivity index (χ0n) is 13.9. The normalized spacial score (nSPS) is 11.0. The highest BCUT2D eigenvalue weighted by Gasteiger charge is 2.24. The van der Waals surface area contributed by atoms with Gasteiger partial charge in [0.25, 0.3) is 0 Å². The number of nitrogens with zero attached hydrogens (tertiary/aromatic N) is 1. The minimum atomic E-state index is -0.624. The SMILES string of the molecule is COCCN(CC(=O)Nc1ccccc1Br)C(=O)OC(C)(C)C. The molecular weight excluding hydrogens is 364 g/mol. The highest BCUT2D eigenvalue weighted by molar-refractivity contribution is 9.10. The Kier molecular flexibility index (Phi) is 7.51. The molecule has 0 aromatic heterocycles. The van der Waals surface area contributed by atoms with Crippen LogP contribution < -0.4 is 5.32 Å². The summed E-state index contributed by atoms with van der Waals surface area (Å²) >= 11 is 3.36. The molecule has 0 aliphatic heterocycles. The van der Waals surface area contributed by atoms with Crippen molar-refractivity contribution in [2.45, 2.75) is 26.4 Å². The number of ether oxygens (including phenoxy) is 2. The van der Waals surface area contributed by atoms with Crippen molar-refractivity contribution in [3.05, 3.63) is 28.7 Å². The minimum Gasteiger partial charge on any atom is -0.444 e. The van der Waals surface area contributed by atoms with Crippen LogP contribution in [-0.4, -0.2) is 49.3 Å². The molecule has 0 fully saturated rings. The van der Waals surface area contributed by atoms with Crippen LogP contribution in [0, 0.1) is 0 Å². The number of amides is 2. The third kappa shape index (κ3) is 7.47. The van der Waals surface area contributed by atoms with E-state index >= 15 is 0 Å². The number of para-hydroxylation sites is 1. The number of methoxy groups -OCH3 is 1. The van der Waals surface area contributed by atoms with Gasteiger partial charge >= 0.3 is 6.09 Å². The Bertz CT molecular complexity index is 543. The van der Waals surface area contributed by atoms with Crippen molar-refractivity contribution in [3.63, 3.8) is 0 Å². The van der Waals surface area contributed by atoms with Gasteiger partial charge in [0.1, 0.15) is 12.1 Å². The number of carbonyl (C=O) groups is 2. The van der Waals surface area contributed by atoms with Gasteiger partial charge in [0.05, 0.1) is 12.3 Å². The molecule has 6 nitrogen and oxygen atoms in total. The summed E-state index contributed by atoms with van der Waals surface area (Å²) in [6.07, 6.45) is -0.545. The van der Waals surface area contributed by atoms with Gasteiger partial charge in [-0.25, -0.2) is 4.79 Å². The van der Waals surface area contributed by atoms with Gasteiger partial charge in [-0.1, -0.05) is 12.1 Å². The molecule has 1 aromatic rings. The fourth-order valence-corrected chi connectivity index (χ4v) is 2.07. The van der Waals surface area contributed by atoms with Gasteiger partial charge < -0.3 is 14.8 Å². The van der Waals surface area contributed by atoms with Crippen molar-refractivity contribution < 1.29 is 19.1 Å². The van der Waals surface area contributed by atoms with Crippen LogP contribution in [0.15, 0.2) is 28.7 Å². The Balaban J connectivity index is 2.70. The molecule has 23 heavy (non-hydrogen) atoms. The van der Waals surface area contributed by atoms with E-state index in [0.717, 1.165) is 4.47 Å². The molecule has 2 amide bonds. The predicted octanol–water partition coefficient (Wildman–Crippen LogP) is 3.27. The van der Waals surface area contributed by atoms with E-state index in [1.165, 1.54) is 12.0 Å². The van der Waals surface area contributed by atoms with Crippen LogP contribution in [0.5, 0.6) is 0 Å². The van der Waals surface area contributed by atoms with Crippen molar-refractivity contribution in [3.8, 4) is 0 Å². The Morgan fingerprint density at radius 1 is 1.26 bits per heavy atom. The molecule has 0 bridgehead atoms. The van der Waals surface area contributed by atoms with E-state index in [1.54, 1.807) is 26.8 Å². The molecule has 1 rings (SSSR count). The molecule has 0 saturated heterocycles. The van der Waals surface area contributed by atoms with Crippen molar-refractivity contribution in [1.29, 1.82) is 0 Å². The van der Waals surface area contributed by atoms with Gasteiger partial charge in [0.2, 0.25) is 5.91 Å². The van der Waals surface area contributed by atoms with Gasteiger partial charge in [-0.3, -0.25) is 9.69 Å². The third-order valence-electron chi connectivity index (χ3n) is 2.70. The topological polar surface area (TPSA) is 67.9 Å². The molecule has 0 aliphatic rings. The summed E-state index contributed by atoms with van der Waals surface area (Å²) in [4.78, 5) is 25.7. The molecule has 128 valence electrons. The van der Waals surface area contributed by atoms with E-state index in [1.807, 2.05) is 18.2 Å². The van der Waals surface area contributed by atoms with Gasteiger partial charge in [-0.15, -0.1) is 0 Å². The lowest BCUT2D eigenvalue weighted by Gasteiger charge is -2.27. The fraction of sp³-hybridized carbons (Fsp3) is 0.500. The maximum atomic E-state index is 12.2. The van der Waals surface area contributed by atoms with Gasteiger partial charge in [0.15, 0.2) is 0 Å². The Morgan fingerprint density at radius 2 is 1.91 bits per heavy atom. The maximum absolute atomic E-state index is 12.2. The first kappa shape index (κ1) is 19.4. The molecular formula is C16H23BrN2O4. The number of rotatable bonds is 6. The molecule has 0 spiro atoms. The summed E-state index contributed by atoms with van der Waals surface area (Å²) < 4.78 is 11.1. The number of benzene rings is 1. The monoisotopic (exact) mass is 386 g/mol. The second kappa shape index (κ2) is 8.88. The van der Waals surface area contributed by atoms with E-state index in [-0.39, 0.29) is 19.0 Å². The molecule has 0 radical (unpaired) electrons. The van der Waals surface area contributed by atoms with E-state index in [0.29, 0.717) is 12.3 Å². The second-order valence-corrected chi connectivity index (χ2v) is 6.78. The zero-order chi connectivity index (χ0) is 17.5. The molecule has 0 saturated carbocycles. The van der Waals surface area contributed by atoms with E-state index in [9.17, 15) is 9.59 Å². The number of hydrogen-bond acceptors (Lipinski definition) is 4. The maximum Gasteiger partial charge on any atom is 0.410 e. The molecule has 0 atom stereocenters. The molecule has 7 heteroatoms. The van der Waals surface area contributed by atoms with E-state index in [4.69, 9.17) is 9.47 Å². The highest BCUT2D eigenvalue weighted by atomic mass is 79.9. The highest BCUT2D eigenvalue weighted by Crippen LogP contribution is 2.21. The first-order valence-electron chi connectivity index (χ1n) is 7.24. The van der Waals surface area contributed by atoms with Crippen LogP contribution in [0.3, 0.4) is 0 Å². The Morgan fingerprint density at radius 3 is 2.48 bits per heavy atom. The molecule has 0 heterocycles. The van der Waals surface area contributed by atoms with Crippen molar-refractivity contribution >= 4 is 33.6 Å². The van der Waals surface area contributed by atoms with Crippen LogP contribution >= 0.6 is 15.9 Å². The first-order valence-corrected chi connectivity index (χ1v) is 8.03. The predicted molar refractivity (Wildman–Crippen MR) is 92.5 cm³/mol. The van der Waals surface area contributed by atoms with Crippen LogP contribution in [0.4, 0.5) is 10.5 Å². The van der Waals surface area contributed by atoms with Gasteiger partial charge in [-0.2, -0.15) is 0 Å². The molecule has 0 aliphatic carbocycles. The number of carbonyl (C=O) groups excluding carboxylic acids is 2. The van der Waals surface area contributed by atoms with Gasteiger partial charge in [-0.05, 0) is 48.8 Å². The molecule has 0 unspecified atom stereocenters. The van der Waals surface area contributed by atoms with Crippen LogP contribution in [0.2, 0.25) is 0 Å².